The van der Waals surface area contributed by atoms with Crippen LogP contribution in [-0.2, 0) is 0 Å². The molecule has 0 unspecified atom stereocenters. The molecule has 2 aliphatic heterocycles. The zero-order chi connectivity index (χ0) is 11.7. The van der Waals surface area contributed by atoms with Crippen LogP contribution in [0.4, 0.5) is 0 Å². The molecule has 0 fully saturated rings. The van der Waals surface area contributed by atoms with Gasteiger partial charge in [0.25, 0.3) is 0 Å². The Bertz CT molecular complexity index is 537. The molecule has 0 atom stereocenters. The van der Waals surface area contributed by atoms with E-state index in [0.29, 0.717) is 6.85 Å². The maximum absolute atomic E-state index is 2.31. The van der Waals surface area contributed by atoms with Gasteiger partial charge in [-0.25, -0.2) is 0 Å². The quantitative estimate of drug-likeness (QED) is 0.654. The molecule has 0 spiro atoms. The molecular formula is C15H14BN. The molecule has 1 aromatic carbocycles. The van der Waals surface area contributed by atoms with Crippen LogP contribution in [0.2, 0.25) is 0 Å². The van der Waals surface area contributed by atoms with Crippen LogP contribution in [0.3, 0.4) is 0 Å². The zero-order valence-electron chi connectivity index (χ0n) is 9.88. The Labute approximate surface area is 103 Å². The first-order valence-corrected chi connectivity index (χ1v) is 5.92. The maximum atomic E-state index is 2.31. The summed E-state index contributed by atoms with van der Waals surface area (Å²) in [6, 6.07) is 10.5. The highest BCUT2D eigenvalue weighted by molar-refractivity contribution is 6.69. The van der Waals surface area contributed by atoms with E-state index >= 15 is 0 Å². The van der Waals surface area contributed by atoms with E-state index in [-0.39, 0.29) is 0 Å². The van der Waals surface area contributed by atoms with E-state index in [2.05, 4.69) is 78.6 Å². The standard InChI is InChI=1S/C15H14BN/c1-13-7-9-17-10-8-15(12-16(17)11-13)14-5-3-2-4-6-14/h2-12H,1H3. The molecule has 2 heteroatoms. The Morgan fingerprint density at radius 2 is 1.71 bits per heavy atom. The van der Waals surface area contributed by atoms with Crippen molar-refractivity contribution in [3.05, 3.63) is 78.0 Å². The monoisotopic (exact) mass is 219 g/mol. The van der Waals surface area contributed by atoms with Gasteiger partial charge in [0.2, 0.25) is 0 Å². The molecule has 82 valence electrons. The number of rotatable bonds is 1. The van der Waals surface area contributed by atoms with Crippen LogP contribution in [0, 0.1) is 0 Å². The molecule has 0 amide bonds. The van der Waals surface area contributed by atoms with Gasteiger partial charge in [-0.2, -0.15) is 0 Å². The highest BCUT2D eigenvalue weighted by Crippen LogP contribution is 2.24. The fourth-order valence-electron chi connectivity index (χ4n) is 2.23. The summed E-state index contributed by atoms with van der Waals surface area (Å²) < 4.78 is 0. The maximum Gasteiger partial charge on any atom is 0.313 e. The first-order valence-electron chi connectivity index (χ1n) is 5.92. The van der Waals surface area contributed by atoms with Crippen LogP contribution >= 0.6 is 0 Å². The Balaban J connectivity index is 1.95. The van der Waals surface area contributed by atoms with Crippen molar-refractivity contribution in [3.8, 4) is 0 Å². The molecule has 0 saturated carbocycles. The fourth-order valence-corrected chi connectivity index (χ4v) is 2.23. The summed E-state index contributed by atoms with van der Waals surface area (Å²) in [4.78, 5) is 2.22. The third-order valence-corrected chi connectivity index (χ3v) is 3.17. The summed E-state index contributed by atoms with van der Waals surface area (Å²) in [5, 5.41) is 0. The molecule has 0 N–H and O–H groups in total. The topological polar surface area (TPSA) is 3.24 Å². The molecule has 0 aliphatic carbocycles. The lowest BCUT2D eigenvalue weighted by atomic mass is 9.56. The average Bonchev–Trinajstić information content (AvgIpc) is 2.39. The van der Waals surface area contributed by atoms with Crippen molar-refractivity contribution in [2.24, 2.45) is 0 Å². The minimum Gasteiger partial charge on any atom is -0.390 e. The summed E-state index contributed by atoms with van der Waals surface area (Å²) >= 11 is 0. The molecule has 1 aromatic rings. The van der Waals surface area contributed by atoms with E-state index in [9.17, 15) is 0 Å². The van der Waals surface area contributed by atoms with Crippen molar-refractivity contribution in [1.82, 2.24) is 4.81 Å². The van der Waals surface area contributed by atoms with E-state index < -0.39 is 0 Å². The van der Waals surface area contributed by atoms with E-state index in [0.717, 1.165) is 0 Å². The van der Waals surface area contributed by atoms with Crippen molar-refractivity contribution in [3.63, 3.8) is 0 Å². The highest BCUT2D eigenvalue weighted by Gasteiger charge is 2.20. The molecule has 0 bridgehead atoms. The average molecular weight is 219 g/mol. The molecule has 2 aliphatic rings. The second-order valence-corrected chi connectivity index (χ2v) is 4.47. The third kappa shape index (κ3) is 1.98. The number of hydrogen-bond acceptors (Lipinski definition) is 1. The molecule has 0 aromatic heterocycles. The third-order valence-electron chi connectivity index (χ3n) is 3.17. The molecule has 2 heterocycles. The zero-order valence-corrected chi connectivity index (χ0v) is 9.88. The number of hydrogen-bond donors (Lipinski definition) is 0. The SMILES string of the molecule is CC1=CB2C=C(c3ccccc3)C=CN2C=C1. The fraction of sp³-hybridized carbons (Fsp3) is 0.0667. The van der Waals surface area contributed by atoms with Crippen LogP contribution in [0.1, 0.15) is 12.5 Å². The van der Waals surface area contributed by atoms with Crippen molar-refractivity contribution in [2.75, 3.05) is 0 Å². The lowest BCUT2D eigenvalue weighted by molar-refractivity contribution is 0.788. The van der Waals surface area contributed by atoms with Gasteiger partial charge in [-0.05, 0) is 42.6 Å². The first kappa shape index (κ1) is 10.2. The van der Waals surface area contributed by atoms with E-state index in [1.807, 2.05) is 0 Å². The predicted octanol–water partition coefficient (Wildman–Crippen LogP) is 3.44. The van der Waals surface area contributed by atoms with Gasteiger partial charge in [0, 0.05) is 0 Å². The van der Waals surface area contributed by atoms with Crippen LogP contribution < -0.4 is 0 Å². The van der Waals surface area contributed by atoms with Gasteiger partial charge in [-0.15, -0.1) is 0 Å². The Hall–Kier alpha value is -1.96. The van der Waals surface area contributed by atoms with E-state index in [4.69, 9.17) is 0 Å². The summed E-state index contributed by atoms with van der Waals surface area (Å²) in [6.45, 7) is 2.50. The van der Waals surface area contributed by atoms with Crippen LogP contribution in [0.25, 0.3) is 5.57 Å². The first-order chi connectivity index (χ1) is 8.33. The highest BCUT2D eigenvalue weighted by atomic mass is 15.0. The molecule has 0 radical (unpaired) electrons. The van der Waals surface area contributed by atoms with Gasteiger partial charge in [-0.1, -0.05) is 47.9 Å². The molecular weight excluding hydrogens is 205 g/mol. The van der Waals surface area contributed by atoms with Crippen LogP contribution in [0.5, 0.6) is 0 Å². The minimum absolute atomic E-state index is 0.361. The summed E-state index contributed by atoms with van der Waals surface area (Å²) in [5.41, 5.74) is 3.90. The van der Waals surface area contributed by atoms with Crippen molar-refractivity contribution in [1.29, 1.82) is 0 Å². The van der Waals surface area contributed by atoms with Crippen LogP contribution in [-0.4, -0.2) is 11.7 Å². The number of fused-ring (bicyclic) bond motifs is 1. The van der Waals surface area contributed by atoms with E-state index in [1.54, 1.807) is 0 Å². The lowest BCUT2D eigenvalue weighted by Crippen LogP contribution is -2.32. The Kier molecular flexibility index (Phi) is 2.48. The number of nitrogens with zero attached hydrogens (tertiary/aromatic N) is 1. The van der Waals surface area contributed by atoms with Gasteiger partial charge in [0.05, 0.1) is 0 Å². The molecule has 17 heavy (non-hydrogen) atoms. The van der Waals surface area contributed by atoms with Gasteiger partial charge in [0.15, 0.2) is 0 Å². The lowest BCUT2D eigenvalue weighted by Gasteiger charge is -2.27. The summed E-state index contributed by atoms with van der Waals surface area (Å²) in [5.74, 6) is 4.59. The summed E-state index contributed by atoms with van der Waals surface area (Å²) in [7, 11) is 0. The van der Waals surface area contributed by atoms with E-state index in [1.165, 1.54) is 16.7 Å². The predicted molar refractivity (Wildman–Crippen MR) is 74.0 cm³/mol. The largest absolute Gasteiger partial charge is 0.390 e. The molecule has 1 nitrogen and oxygen atoms in total. The Morgan fingerprint density at radius 3 is 2.53 bits per heavy atom. The van der Waals surface area contributed by atoms with Gasteiger partial charge < -0.3 is 4.81 Å². The number of benzene rings is 1. The normalized spacial score (nSPS) is 17.7. The second kappa shape index (κ2) is 4.13. The van der Waals surface area contributed by atoms with Crippen LogP contribution in [0.15, 0.2) is 72.4 Å². The minimum atomic E-state index is 0.361. The van der Waals surface area contributed by atoms with Crippen molar-refractivity contribution in [2.45, 2.75) is 6.92 Å². The van der Waals surface area contributed by atoms with Gasteiger partial charge >= 0.3 is 6.85 Å². The molecule has 0 saturated heterocycles. The smallest absolute Gasteiger partial charge is 0.313 e. The van der Waals surface area contributed by atoms with Crippen molar-refractivity contribution >= 4 is 12.4 Å². The number of allylic oxidation sites excluding steroid dienone is 4. The van der Waals surface area contributed by atoms with Gasteiger partial charge in [-0.3, -0.25) is 0 Å². The van der Waals surface area contributed by atoms with Gasteiger partial charge in [0.1, 0.15) is 0 Å². The van der Waals surface area contributed by atoms with Crippen molar-refractivity contribution < 1.29 is 0 Å². The second-order valence-electron chi connectivity index (χ2n) is 4.47. The Morgan fingerprint density at radius 1 is 0.941 bits per heavy atom. The molecule has 3 rings (SSSR count). The summed E-state index contributed by atoms with van der Waals surface area (Å²) in [6.07, 6.45) is 8.59.